The van der Waals surface area contributed by atoms with Crippen LogP contribution in [0.1, 0.15) is 30.8 Å². The molecule has 6 heteroatoms. The van der Waals surface area contributed by atoms with E-state index in [0.717, 1.165) is 12.2 Å². The molecule has 1 N–H and O–H groups in total. The Hall–Kier alpha value is -1.04. The number of rotatable bonds is 6. The summed E-state index contributed by atoms with van der Waals surface area (Å²) in [5, 5.41) is 10.6. The fourth-order valence-electron chi connectivity index (χ4n) is 1.14. The smallest absolute Gasteiger partial charge is 0.340 e. The molecule has 1 rings (SSSR count). The zero-order valence-corrected chi connectivity index (χ0v) is 9.42. The standard InChI is InChI=1S/C9H14N3O2S/c1-3-5-15-7(4-2)9-10-6-8(11-9)12(13)14/h6-7H,2-5H2,1H3,(H,10,11). The highest BCUT2D eigenvalue weighted by Crippen LogP contribution is 2.30. The molecule has 0 aromatic carbocycles. The van der Waals surface area contributed by atoms with Crippen LogP contribution in [0.3, 0.4) is 0 Å². The minimum atomic E-state index is -0.471. The summed E-state index contributed by atoms with van der Waals surface area (Å²) < 4.78 is 0. The van der Waals surface area contributed by atoms with Crippen LogP contribution < -0.4 is 0 Å². The molecular weight excluding hydrogens is 214 g/mol. The van der Waals surface area contributed by atoms with Crippen LogP contribution in [0.2, 0.25) is 0 Å². The van der Waals surface area contributed by atoms with Gasteiger partial charge in [0.15, 0.2) is 0 Å². The average Bonchev–Trinajstić information content (AvgIpc) is 2.68. The van der Waals surface area contributed by atoms with E-state index in [1.165, 1.54) is 6.20 Å². The van der Waals surface area contributed by atoms with Crippen molar-refractivity contribution in [2.75, 3.05) is 5.75 Å². The van der Waals surface area contributed by atoms with Crippen molar-refractivity contribution in [2.24, 2.45) is 0 Å². The number of imidazole rings is 1. The largest absolute Gasteiger partial charge is 0.358 e. The molecular formula is C9H14N3O2S. The predicted octanol–water partition coefficient (Wildman–Crippen LogP) is 2.73. The van der Waals surface area contributed by atoms with E-state index < -0.39 is 4.92 Å². The van der Waals surface area contributed by atoms with Crippen LogP contribution in [0, 0.1) is 17.0 Å². The third kappa shape index (κ3) is 3.23. The molecule has 83 valence electrons. The van der Waals surface area contributed by atoms with E-state index >= 15 is 0 Å². The van der Waals surface area contributed by atoms with E-state index in [4.69, 9.17) is 0 Å². The lowest BCUT2D eigenvalue weighted by Gasteiger charge is -2.07. The lowest BCUT2D eigenvalue weighted by Crippen LogP contribution is -1.97. The molecule has 0 aliphatic carbocycles. The minimum Gasteiger partial charge on any atom is -0.358 e. The first-order valence-electron chi connectivity index (χ1n) is 4.79. The Labute approximate surface area is 92.8 Å². The van der Waals surface area contributed by atoms with Crippen molar-refractivity contribution in [3.05, 3.63) is 29.1 Å². The van der Waals surface area contributed by atoms with Crippen molar-refractivity contribution in [1.82, 2.24) is 9.97 Å². The van der Waals surface area contributed by atoms with Crippen molar-refractivity contribution in [2.45, 2.75) is 25.0 Å². The summed E-state index contributed by atoms with van der Waals surface area (Å²) >= 11 is 1.72. The Kier molecular flexibility index (Phi) is 4.61. The average molecular weight is 228 g/mol. The lowest BCUT2D eigenvalue weighted by atomic mass is 10.3. The van der Waals surface area contributed by atoms with E-state index in [1.807, 2.05) is 0 Å². The quantitative estimate of drug-likeness (QED) is 0.600. The van der Waals surface area contributed by atoms with Crippen molar-refractivity contribution < 1.29 is 4.92 Å². The third-order valence-corrected chi connectivity index (χ3v) is 3.37. The zero-order valence-electron chi connectivity index (χ0n) is 8.60. The maximum absolute atomic E-state index is 10.5. The highest BCUT2D eigenvalue weighted by atomic mass is 32.2. The molecule has 0 fully saturated rings. The first kappa shape index (κ1) is 12.0. The van der Waals surface area contributed by atoms with Crippen LogP contribution in [0.25, 0.3) is 0 Å². The van der Waals surface area contributed by atoms with Gasteiger partial charge in [0.2, 0.25) is 5.82 Å². The molecule has 1 aromatic heterocycles. The van der Waals surface area contributed by atoms with Gasteiger partial charge in [0.05, 0.1) is 5.25 Å². The maximum Gasteiger partial charge on any atom is 0.340 e. The molecule has 0 aliphatic rings. The van der Waals surface area contributed by atoms with Gasteiger partial charge in [-0.1, -0.05) is 13.8 Å². The topological polar surface area (TPSA) is 71.8 Å². The van der Waals surface area contributed by atoms with Gasteiger partial charge in [0.1, 0.15) is 6.20 Å². The van der Waals surface area contributed by atoms with Crippen LogP contribution in [0.15, 0.2) is 6.20 Å². The monoisotopic (exact) mass is 228 g/mol. The molecule has 1 atom stereocenters. The highest BCUT2D eigenvalue weighted by molar-refractivity contribution is 7.99. The Morgan fingerprint density at radius 2 is 2.53 bits per heavy atom. The molecule has 1 radical (unpaired) electrons. The number of hydrogen-bond acceptors (Lipinski definition) is 4. The second-order valence-electron chi connectivity index (χ2n) is 3.06. The van der Waals surface area contributed by atoms with Gasteiger partial charge in [-0.05, 0) is 23.5 Å². The van der Waals surface area contributed by atoms with Crippen molar-refractivity contribution in [3.63, 3.8) is 0 Å². The number of nitrogens with one attached hydrogen (secondary N) is 1. The molecule has 0 spiro atoms. The van der Waals surface area contributed by atoms with Crippen molar-refractivity contribution in [3.8, 4) is 0 Å². The third-order valence-electron chi connectivity index (χ3n) is 1.87. The van der Waals surface area contributed by atoms with Gasteiger partial charge in [-0.2, -0.15) is 0 Å². The number of nitrogens with zero attached hydrogens (tertiary/aromatic N) is 2. The molecule has 0 amide bonds. The molecule has 1 heterocycles. The molecule has 15 heavy (non-hydrogen) atoms. The normalized spacial score (nSPS) is 12.7. The molecule has 5 nitrogen and oxygen atoms in total. The van der Waals surface area contributed by atoms with E-state index in [0.29, 0.717) is 12.2 Å². The summed E-state index contributed by atoms with van der Waals surface area (Å²) in [6, 6.07) is 0. The predicted molar refractivity (Wildman–Crippen MR) is 60.7 cm³/mol. The Morgan fingerprint density at radius 3 is 3.00 bits per heavy atom. The molecule has 1 unspecified atom stereocenters. The summed E-state index contributed by atoms with van der Waals surface area (Å²) in [6.45, 7) is 5.91. The van der Waals surface area contributed by atoms with Gasteiger partial charge in [0, 0.05) is 0 Å². The number of H-pyrrole nitrogens is 1. The van der Waals surface area contributed by atoms with Crippen molar-refractivity contribution in [1.29, 1.82) is 0 Å². The van der Waals surface area contributed by atoms with Gasteiger partial charge in [0.25, 0.3) is 0 Å². The number of hydrogen-bond donors (Lipinski definition) is 1. The van der Waals surface area contributed by atoms with E-state index in [2.05, 4.69) is 23.8 Å². The summed E-state index contributed by atoms with van der Waals surface area (Å²) in [5.41, 5.74) is 0. The maximum atomic E-state index is 10.5. The van der Waals surface area contributed by atoms with Gasteiger partial charge >= 0.3 is 5.82 Å². The van der Waals surface area contributed by atoms with Crippen LogP contribution in [0.5, 0.6) is 0 Å². The number of thioether (sulfide) groups is 1. The fraction of sp³-hybridized carbons (Fsp3) is 0.556. The Morgan fingerprint density at radius 1 is 1.80 bits per heavy atom. The molecule has 1 aromatic rings. The van der Waals surface area contributed by atoms with Crippen LogP contribution in [0.4, 0.5) is 5.82 Å². The number of nitro groups is 1. The van der Waals surface area contributed by atoms with Crippen LogP contribution in [-0.4, -0.2) is 20.6 Å². The van der Waals surface area contributed by atoms with Gasteiger partial charge < -0.3 is 10.1 Å². The SMILES string of the molecule is [CH2]CC(SCCC)c1ncc([N+](=O)[O-])[nH]1. The number of aromatic nitrogens is 2. The van der Waals surface area contributed by atoms with Gasteiger partial charge in [-0.15, -0.1) is 11.8 Å². The molecule has 0 saturated heterocycles. The van der Waals surface area contributed by atoms with E-state index in [-0.39, 0.29) is 11.1 Å². The summed E-state index contributed by atoms with van der Waals surface area (Å²) in [6.07, 6.45) is 3.00. The van der Waals surface area contributed by atoms with Gasteiger partial charge in [-0.3, -0.25) is 0 Å². The van der Waals surface area contributed by atoms with Gasteiger partial charge in [-0.25, -0.2) is 9.97 Å². The Balaban J connectivity index is 2.69. The Bertz CT molecular complexity index is 327. The first-order chi connectivity index (χ1) is 7.19. The molecule has 0 aliphatic heterocycles. The van der Waals surface area contributed by atoms with Crippen LogP contribution in [-0.2, 0) is 0 Å². The molecule has 0 saturated carbocycles. The summed E-state index contributed by atoms with van der Waals surface area (Å²) in [5.74, 6) is 1.60. The van der Waals surface area contributed by atoms with E-state index in [1.54, 1.807) is 11.8 Å². The lowest BCUT2D eigenvalue weighted by molar-refractivity contribution is -0.389. The van der Waals surface area contributed by atoms with Crippen molar-refractivity contribution >= 4 is 17.6 Å². The highest BCUT2D eigenvalue weighted by Gasteiger charge is 2.18. The number of aromatic amines is 1. The second kappa shape index (κ2) is 5.75. The first-order valence-corrected chi connectivity index (χ1v) is 5.84. The molecule has 0 bridgehead atoms. The second-order valence-corrected chi connectivity index (χ2v) is 4.37. The van der Waals surface area contributed by atoms with Crippen LogP contribution >= 0.6 is 11.8 Å². The summed E-state index contributed by atoms with van der Waals surface area (Å²) in [4.78, 5) is 16.7. The minimum absolute atomic E-state index is 0.0550. The van der Waals surface area contributed by atoms with E-state index in [9.17, 15) is 10.1 Å². The zero-order chi connectivity index (χ0) is 11.3. The fourth-order valence-corrected chi connectivity index (χ4v) is 2.11. The summed E-state index contributed by atoms with van der Waals surface area (Å²) in [7, 11) is 0.